The van der Waals surface area contributed by atoms with Crippen molar-refractivity contribution in [3.05, 3.63) is 57.5 Å². The molecule has 2 aromatic rings. The number of halogens is 3. The standard InChI is InChI=1S/C21H24F3N3O2/c1-3-14-7-9-16(10-8-14)25-20(29)19-18(28)11-13(2)27(26-19)17-6-4-5-15(12-17)21(22,23)24/h4-6,11-12,14,16H,3,7-10H2,1-2H3,(H,25,29). The van der Waals surface area contributed by atoms with Gasteiger partial charge in [0, 0.05) is 17.8 Å². The quantitative estimate of drug-likeness (QED) is 0.824. The number of benzene rings is 1. The van der Waals surface area contributed by atoms with Crippen LogP contribution in [0.1, 0.15) is 60.8 Å². The maximum absolute atomic E-state index is 13.0. The summed E-state index contributed by atoms with van der Waals surface area (Å²) in [5.41, 5.74) is -1.21. The molecule has 156 valence electrons. The average molecular weight is 407 g/mol. The highest BCUT2D eigenvalue weighted by molar-refractivity contribution is 5.92. The molecule has 0 atom stereocenters. The van der Waals surface area contributed by atoms with Crippen molar-refractivity contribution in [1.29, 1.82) is 0 Å². The zero-order chi connectivity index (χ0) is 21.2. The number of alkyl halides is 3. The van der Waals surface area contributed by atoms with Crippen LogP contribution in [0, 0.1) is 12.8 Å². The van der Waals surface area contributed by atoms with Gasteiger partial charge in [-0.2, -0.15) is 18.3 Å². The number of hydrogen-bond acceptors (Lipinski definition) is 3. The van der Waals surface area contributed by atoms with E-state index in [4.69, 9.17) is 0 Å². The zero-order valence-electron chi connectivity index (χ0n) is 16.4. The molecule has 3 rings (SSSR count). The van der Waals surface area contributed by atoms with E-state index >= 15 is 0 Å². The second-order valence-corrected chi connectivity index (χ2v) is 7.56. The van der Waals surface area contributed by atoms with Gasteiger partial charge in [-0.15, -0.1) is 0 Å². The van der Waals surface area contributed by atoms with E-state index in [-0.39, 0.29) is 17.4 Å². The normalized spacial score (nSPS) is 19.8. The van der Waals surface area contributed by atoms with Crippen LogP contribution in [0.4, 0.5) is 13.2 Å². The first kappa shape index (κ1) is 21.1. The molecule has 1 aliphatic rings. The van der Waals surface area contributed by atoms with Crippen molar-refractivity contribution in [2.75, 3.05) is 0 Å². The Bertz CT molecular complexity index is 945. The van der Waals surface area contributed by atoms with Gasteiger partial charge >= 0.3 is 6.18 Å². The Morgan fingerprint density at radius 1 is 1.21 bits per heavy atom. The van der Waals surface area contributed by atoms with Crippen LogP contribution in [-0.4, -0.2) is 21.7 Å². The fourth-order valence-corrected chi connectivity index (χ4v) is 3.75. The monoisotopic (exact) mass is 407 g/mol. The van der Waals surface area contributed by atoms with E-state index in [9.17, 15) is 22.8 Å². The number of nitrogens with one attached hydrogen (secondary N) is 1. The number of hydrogen-bond donors (Lipinski definition) is 1. The Balaban J connectivity index is 1.86. The fourth-order valence-electron chi connectivity index (χ4n) is 3.75. The van der Waals surface area contributed by atoms with Crippen molar-refractivity contribution in [2.45, 2.75) is 58.2 Å². The van der Waals surface area contributed by atoms with E-state index in [0.717, 1.165) is 44.2 Å². The van der Waals surface area contributed by atoms with Gasteiger partial charge in [-0.1, -0.05) is 19.4 Å². The number of amides is 1. The summed E-state index contributed by atoms with van der Waals surface area (Å²) in [5, 5.41) is 6.95. The van der Waals surface area contributed by atoms with Crippen LogP contribution >= 0.6 is 0 Å². The molecule has 0 unspecified atom stereocenters. The van der Waals surface area contributed by atoms with Crippen LogP contribution in [0.2, 0.25) is 0 Å². The third-order valence-corrected chi connectivity index (χ3v) is 5.50. The lowest BCUT2D eigenvalue weighted by molar-refractivity contribution is -0.137. The van der Waals surface area contributed by atoms with Gasteiger partial charge < -0.3 is 5.32 Å². The van der Waals surface area contributed by atoms with Crippen LogP contribution in [0.15, 0.2) is 35.1 Å². The Morgan fingerprint density at radius 2 is 1.90 bits per heavy atom. The molecule has 0 spiro atoms. The van der Waals surface area contributed by atoms with Crippen LogP contribution < -0.4 is 10.7 Å². The molecule has 1 amide bonds. The lowest BCUT2D eigenvalue weighted by Gasteiger charge is -2.28. The van der Waals surface area contributed by atoms with Crippen LogP contribution in [0.25, 0.3) is 5.69 Å². The second kappa shape index (κ2) is 8.39. The van der Waals surface area contributed by atoms with Crippen molar-refractivity contribution in [3.63, 3.8) is 0 Å². The second-order valence-electron chi connectivity index (χ2n) is 7.56. The van der Waals surface area contributed by atoms with Crippen LogP contribution in [-0.2, 0) is 6.18 Å². The molecule has 1 aromatic heterocycles. The summed E-state index contributed by atoms with van der Waals surface area (Å²) >= 11 is 0. The number of rotatable bonds is 4. The van der Waals surface area contributed by atoms with Crippen LogP contribution in [0.3, 0.4) is 0 Å². The summed E-state index contributed by atoms with van der Waals surface area (Å²) in [6, 6.07) is 5.82. The van der Waals surface area contributed by atoms with Gasteiger partial charge in [0.1, 0.15) is 0 Å². The SMILES string of the molecule is CCC1CCC(NC(=O)c2nn(-c3cccc(C(F)(F)F)c3)c(C)cc2=O)CC1. The molecule has 1 aromatic carbocycles. The summed E-state index contributed by atoms with van der Waals surface area (Å²) < 4.78 is 40.3. The van der Waals surface area contributed by atoms with E-state index in [1.165, 1.54) is 22.9 Å². The average Bonchev–Trinajstić information content (AvgIpc) is 2.68. The Kier molecular flexibility index (Phi) is 6.10. The fraction of sp³-hybridized carbons (Fsp3) is 0.476. The van der Waals surface area contributed by atoms with Gasteiger partial charge in [-0.25, -0.2) is 4.68 Å². The summed E-state index contributed by atoms with van der Waals surface area (Å²) in [6.07, 6.45) is 0.354. The minimum Gasteiger partial charge on any atom is -0.348 e. The predicted molar refractivity (Wildman–Crippen MR) is 103 cm³/mol. The highest BCUT2D eigenvalue weighted by atomic mass is 19.4. The molecule has 8 heteroatoms. The number of carbonyl (C=O) groups is 1. The van der Waals surface area contributed by atoms with Gasteiger partial charge in [0.25, 0.3) is 5.91 Å². The van der Waals surface area contributed by atoms with E-state index in [1.54, 1.807) is 6.92 Å². The maximum Gasteiger partial charge on any atom is 0.416 e. The Labute approximate surface area is 166 Å². The zero-order valence-corrected chi connectivity index (χ0v) is 16.4. The smallest absolute Gasteiger partial charge is 0.348 e. The van der Waals surface area contributed by atoms with E-state index in [0.29, 0.717) is 11.6 Å². The molecule has 29 heavy (non-hydrogen) atoms. The van der Waals surface area contributed by atoms with Crippen molar-refractivity contribution < 1.29 is 18.0 Å². The lowest BCUT2D eigenvalue weighted by atomic mass is 9.84. The maximum atomic E-state index is 13.0. The third kappa shape index (κ3) is 4.86. The highest BCUT2D eigenvalue weighted by Crippen LogP contribution is 2.30. The minimum atomic E-state index is -4.50. The molecule has 1 N–H and O–H groups in total. The molecule has 0 radical (unpaired) electrons. The Morgan fingerprint density at radius 3 is 2.52 bits per heavy atom. The summed E-state index contributed by atoms with van der Waals surface area (Å²) in [6.45, 7) is 3.71. The molecule has 0 bridgehead atoms. The molecule has 1 aliphatic carbocycles. The molecule has 1 fully saturated rings. The number of aromatic nitrogens is 2. The van der Waals surface area contributed by atoms with E-state index < -0.39 is 23.1 Å². The third-order valence-electron chi connectivity index (χ3n) is 5.50. The van der Waals surface area contributed by atoms with Gasteiger partial charge in [-0.3, -0.25) is 9.59 Å². The first-order valence-electron chi connectivity index (χ1n) is 9.78. The highest BCUT2D eigenvalue weighted by Gasteiger charge is 2.31. The van der Waals surface area contributed by atoms with Crippen molar-refractivity contribution in [2.24, 2.45) is 5.92 Å². The lowest BCUT2D eigenvalue weighted by Crippen LogP contribution is -2.40. The minimum absolute atomic E-state index is 0.0187. The molecule has 1 heterocycles. The molecule has 0 aliphatic heterocycles. The van der Waals surface area contributed by atoms with Crippen molar-refractivity contribution in [1.82, 2.24) is 15.1 Å². The summed E-state index contributed by atoms with van der Waals surface area (Å²) in [4.78, 5) is 25.0. The Hall–Kier alpha value is -2.64. The van der Waals surface area contributed by atoms with Crippen LogP contribution in [0.5, 0.6) is 0 Å². The first-order chi connectivity index (χ1) is 13.7. The number of nitrogens with zero attached hydrogens (tertiary/aromatic N) is 2. The largest absolute Gasteiger partial charge is 0.416 e. The van der Waals surface area contributed by atoms with Gasteiger partial charge in [-0.05, 0) is 56.7 Å². The molecule has 1 saturated carbocycles. The predicted octanol–water partition coefficient (Wildman–Crippen LogP) is 4.26. The topological polar surface area (TPSA) is 64.0 Å². The van der Waals surface area contributed by atoms with Crippen molar-refractivity contribution in [3.8, 4) is 5.69 Å². The molecular formula is C21H24F3N3O2. The van der Waals surface area contributed by atoms with Gasteiger partial charge in [0.2, 0.25) is 5.43 Å². The van der Waals surface area contributed by atoms with Crippen molar-refractivity contribution >= 4 is 5.91 Å². The number of carbonyl (C=O) groups excluding carboxylic acids is 1. The molecular weight excluding hydrogens is 383 g/mol. The van der Waals surface area contributed by atoms with E-state index in [1.807, 2.05) is 0 Å². The number of aryl methyl sites for hydroxylation is 1. The molecule has 0 saturated heterocycles. The van der Waals surface area contributed by atoms with Gasteiger partial charge in [0.05, 0.1) is 11.3 Å². The van der Waals surface area contributed by atoms with E-state index in [2.05, 4.69) is 17.3 Å². The summed E-state index contributed by atoms with van der Waals surface area (Å²) in [7, 11) is 0. The first-order valence-corrected chi connectivity index (χ1v) is 9.78. The summed E-state index contributed by atoms with van der Waals surface area (Å²) in [5.74, 6) is 0.0782. The molecule has 5 nitrogen and oxygen atoms in total. The van der Waals surface area contributed by atoms with Gasteiger partial charge in [0.15, 0.2) is 5.69 Å².